The van der Waals surface area contributed by atoms with Gasteiger partial charge < -0.3 is 0 Å². The van der Waals surface area contributed by atoms with Gasteiger partial charge in [-0.3, -0.25) is 4.90 Å². The monoisotopic (exact) mass is 302 g/mol. The first kappa shape index (κ1) is 15.0. The SMILES string of the molecule is CCCS(=O)(=O)N1CCCN(Cc2cccs2)CC1. The summed E-state index contributed by atoms with van der Waals surface area (Å²) in [7, 11) is -3.03. The van der Waals surface area contributed by atoms with Crippen molar-refractivity contribution in [2.24, 2.45) is 0 Å². The van der Waals surface area contributed by atoms with Crippen molar-refractivity contribution in [1.82, 2.24) is 9.21 Å². The fourth-order valence-electron chi connectivity index (χ4n) is 2.39. The molecule has 0 N–H and O–H groups in total. The molecule has 0 saturated carbocycles. The van der Waals surface area contributed by atoms with Gasteiger partial charge in [-0.2, -0.15) is 0 Å². The molecule has 0 spiro atoms. The number of hydrogen-bond acceptors (Lipinski definition) is 4. The first-order valence-electron chi connectivity index (χ1n) is 6.84. The molecule has 0 radical (unpaired) electrons. The van der Waals surface area contributed by atoms with Crippen LogP contribution in [0.1, 0.15) is 24.6 Å². The van der Waals surface area contributed by atoms with Crippen molar-refractivity contribution < 1.29 is 8.42 Å². The van der Waals surface area contributed by atoms with Crippen LogP contribution in [0.3, 0.4) is 0 Å². The molecule has 1 aliphatic heterocycles. The summed E-state index contributed by atoms with van der Waals surface area (Å²) in [6, 6.07) is 4.21. The zero-order chi connectivity index (χ0) is 13.7. The molecule has 0 amide bonds. The lowest BCUT2D eigenvalue weighted by Gasteiger charge is -2.21. The molecule has 0 aliphatic carbocycles. The van der Waals surface area contributed by atoms with E-state index in [0.717, 1.165) is 26.1 Å². The Hall–Kier alpha value is -0.430. The molecule has 1 aliphatic rings. The second kappa shape index (κ2) is 6.83. The van der Waals surface area contributed by atoms with E-state index in [2.05, 4.69) is 22.4 Å². The largest absolute Gasteiger partial charge is 0.297 e. The van der Waals surface area contributed by atoms with E-state index in [1.165, 1.54) is 4.88 Å². The van der Waals surface area contributed by atoms with Crippen LogP contribution in [0.2, 0.25) is 0 Å². The lowest BCUT2D eigenvalue weighted by atomic mass is 10.3. The average Bonchev–Trinajstić information content (AvgIpc) is 2.73. The minimum absolute atomic E-state index is 0.276. The topological polar surface area (TPSA) is 40.6 Å². The maximum Gasteiger partial charge on any atom is 0.214 e. The van der Waals surface area contributed by atoms with Crippen LogP contribution in [0.25, 0.3) is 0 Å². The van der Waals surface area contributed by atoms with Crippen LogP contribution >= 0.6 is 11.3 Å². The highest BCUT2D eigenvalue weighted by atomic mass is 32.2. The molecule has 6 heteroatoms. The van der Waals surface area contributed by atoms with Gasteiger partial charge in [-0.25, -0.2) is 12.7 Å². The summed E-state index contributed by atoms with van der Waals surface area (Å²) < 4.78 is 25.8. The van der Waals surface area contributed by atoms with Gasteiger partial charge in [0.1, 0.15) is 0 Å². The highest BCUT2D eigenvalue weighted by Crippen LogP contribution is 2.15. The van der Waals surface area contributed by atoms with E-state index >= 15 is 0 Å². The van der Waals surface area contributed by atoms with Gasteiger partial charge in [0.25, 0.3) is 0 Å². The zero-order valence-corrected chi connectivity index (χ0v) is 13.0. The average molecular weight is 302 g/mol. The summed E-state index contributed by atoms with van der Waals surface area (Å²) in [5.74, 6) is 0.276. The minimum atomic E-state index is -3.03. The Morgan fingerprint density at radius 1 is 1.26 bits per heavy atom. The lowest BCUT2D eigenvalue weighted by Crippen LogP contribution is -2.36. The van der Waals surface area contributed by atoms with E-state index in [1.807, 2.05) is 6.92 Å². The smallest absolute Gasteiger partial charge is 0.214 e. The molecule has 19 heavy (non-hydrogen) atoms. The standard InChI is InChI=1S/C13H22N2O2S2/c1-2-11-19(16,17)15-7-4-6-14(8-9-15)12-13-5-3-10-18-13/h3,5,10H,2,4,6-9,11-12H2,1H3. The van der Waals surface area contributed by atoms with Crippen LogP contribution in [-0.2, 0) is 16.6 Å². The number of nitrogens with zero attached hydrogens (tertiary/aromatic N) is 2. The lowest BCUT2D eigenvalue weighted by molar-refractivity contribution is 0.281. The molecule has 0 atom stereocenters. The molecule has 2 rings (SSSR count). The van der Waals surface area contributed by atoms with Crippen molar-refractivity contribution >= 4 is 21.4 Å². The van der Waals surface area contributed by atoms with Crippen molar-refractivity contribution in [2.45, 2.75) is 26.3 Å². The third-order valence-electron chi connectivity index (χ3n) is 3.36. The fourth-order valence-corrected chi connectivity index (χ4v) is 4.68. The second-order valence-corrected chi connectivity index (χ2v) is 8.04. The zero-order valence-electron chi connectivity index (χ0n) is 11.4. The molecule has 4 nitrogen and oxygen atoms in total. The molecule has 1 aromatic rings. The molecule has 2 heterocycles. The molecular weight excluding hydrogens is 280 g/mol. The Balaban J connectivity index is 1.91. The van der Waals surface area contributed by atoms with Gasteiger partial charge in [0.15, 0.2) is 0 Å². The number of sulfonamides is 1. The van der Waals surface area contributed by atoms with Crippen LogP contribution in [0.5, 0.6) is 0 Å². The van der Waals surface area contributed by atoms with Crippen LogP contribution in [0.4, 0.5) is 0 Å². The van der Waals surface area contributed by atoms with Gasteiger partial charge in [-0.05, 0) is 30.8 Å². The predicted octanol–water partition coefficient (Wildman–Crippen LogP) is 2.00. The Bertz CT molecular complexity index is 471. The maximum absolute atomic E-state index is 12.1. The van der Waals surface area contributed by atoms with E-state index < -0.39 is 10.0 Å². The van der Waals surface area contributed by atoms with E-state index in [1.54, 1.807) is 15.6 Å². The third-order valence-corrected chi connectivity index (χ3v) is 6.30. The van der Waals surface area contributed by atoms with Gasteiger partial charge in [-0.1, -0.05) is 13.0 Å². The van der Waals surface area contributed by atoms with Crippen molar-refractivity contribution in [2.75, 3.05) is 31.9 Å². The molecule has 1 fully saturated rings. The minimum Gasteiger partial charge on any atom is -0.297 e. The normalized spacial score (nSPS) is 19.4. The van der Waals surface area contributed by atoms with Crippen LogP contribution in [0, 0.1) is 0 Å². The maximum atomic E-state index is 12.1. The van der Waals surface area contributed by atoms with Crippen molar-refractivity contribution in [3.8, 4) is 0 Å². The molecule has 0 unspecified atom stereocenters. The molecular formula is C13H22N2O2S2. The predicted molar refractivity (Wildman–Crippen MR) is 79.9 cm³/mol. The quantitative estimate of drug-likeness (QED) is 0.835. The van der Waals surface area contributed by atoms with Crippen LogP contribution < -0.4 is 0 Å². The van der Waals surface area contributed by atoms with E-state index in [9.17, 15) is 8.42 Å². The molecule has 0 aromatic carbocycles. The summed E-state index contributed by atoms with van der Waals surface area (Å²) >= 11 is 1.76. The van der Waals surface area contributed by atoms with Gasteiger partial charge in [0, 0.05) is 31.1 Å². The summed E-state index contributed by atoms with van der Waals surface area (Å²) in [4.78, 5) is 3.71. The van der Waals surface area contributed by atoms with E-state index in [-0.39, 0.29) is 5.75 Å². The second-order valence-electron chi connectivity index (χ2n) is 4.92. The van der Waals surface area contributed by atoms with Gasteiger partial charge in [0.2, 0.25) is 10.0 Å². The van der Waals surface area contributed by atoms with Gasteiger partial charge in [-0.15, -0.1) is 11.3 Å². The number of hydrogen-bond donors (Lipinski definition) is 0. The first-order valence-corrected chi connectivity index (χ1v) is 9.33. The number of rotatable bonds is 5. The van der Waals surface area contributed by atoms with Crippen molar-refractivity contribution in [3.05, 3.63) is 22.4 Å². The fraction of sp³-hybridized carbons (Fsp3) is 0.692. The van der Waals surface area contributed by atoms with Gasteiger partial charge >= 0.3 is 0 Å². The molecule has 1 saturated heterocycles. The number of thiophene rings is 1. The van der Waals surface area contributed by atoms with E-state index in [0.29, 0.717) is 19.5 Å². The van der Waals surface area contributed by atoms with Crippen molar-refractivity contribution in [3.63, 3.8) is 0 Å². The van der Waals surface area contributed by atoms with Crippen molar-refractivity contribution in [1.29, 1.82) is 0 Å². The molecule has 0 bridgehead atoms. The Labute approximate surface area is 120 Å². The Kier molecular flexibility index (Phi) is 5.38. The summed E-state index contributed by atoms with van der Waals surface area (Å²) in [6.07, 6.45) is 1.62. The van der Waals surface area contributed by atoms with Gasteiger partial charge in [0.05, 0.1) is 5.75 Å². The summed E-state index contributed by atoms with van der Waals surface area (Å²) in [5.41, 5.74) is 0. The first-order chi connectivity index (χ1) is 9.12. The molecule has 108 valence electrons. The Morgan fingerprint density at radius 2 is 2.11 bits per heavy atom. The van der Waals surface area contributed by atoms with Crippen LogP contribution in [-0.4, -0.2) is 49.6 Å². The van der Waals surface area contributed by atoms with Crippen LogP contribution in [0.15, 0.2) is 17.5 Å². The summed E-state index contributed by atoms with van der Waals surface area (Å²) in [5, 5.41) is 2.09. The highest BCUT2D eigenvalue weighted by molar-refractivity contribution is 7.89. The highest BCUT2D eigenvalue weighted by Gasteiger charge is 2.24. The van der Waals surface area contributed by atoms with E-state index in [4.69, 9.17) is 0 Å². The summed E-state index contributed by atoms with van der Waals surface area (Å²) in [6.45, 7) is 5.98. The third kappa shape index (κ3) is 4.27. The Morgan fingerprint density at radius 3 is 2.79 bits per heavy atom. The molecule has 1 aromatic heterocycles.